The summed E-state index contributed by atoms with van der Waals surface area (Å²) in [4.78, 5) is 11.7. The molecule has 0 radical (unpaired) electrons. The minimum Gasteiger partial charge on any atom is -0.366 e. The maximum Gasteiger partial charge on any atom is 0.250 e. The number of amides is 1. The van der Waals surface area contributed by atoms with Crippen LogP contribution in [0.1, 0.15) is 48.2 Å². The number of carbonyl (C=O) groups is 1. The highest BCUT2D eigenvalue weighted by Crippen LogP contribution is 2.31. The van der Waals surface area contributed by atoms with E-state index in [1.165, 1.54) is 31.4 Å². The maximum absolute atomic E-state index is 13.6. The molecule has 0 atom stereocenters. The number of halogens is 2. The maximum atomic E-state index is 13.6. The van der Waals surface area contributed by atoms with Gasteiger partial charge >= 0.3 is 0 Å². The van der Waals surface area contributed by atoms with Crippen molar-refractivity contribution in [3.05, 3.63) is 47.2 Å². The Morgan fingerprint density at radius 3 is 2.50 bits per heavy atom. The fourth-order valence-corrected chi connectivity index (χ4v) is 3.65. The number of aromatic nitrogens is 1. The normalized spacial score (nSPS) is 15.6. The van der Waals surface area contributed by atoms with Gasteiger partial charge in [0.25, 0.3) is 5.91 Å². The van der Waals surface area contributed by atoms with Crippen LogP contribution in [0.2, 0.25) is 0 Å². The Morgan fingerprint density at radius 2 is 1.88 bits per heavy atom. The van der Waals surface area contributed by atoms with Crippen molar-refractivity contribution in [2.45, 2.75) is 45.6 Å². The molecule has 1 aromatic carbocycles. The molecule has 3 rings (SSSR count). The Kier molecular flexibility index (Phi) is 4.69. The van der Waals surface area contributed by atoms with Crippen LogP contribution >= 0.6 is 0 Å². The molecule has 2 N–H and O–H groups in total. The van der Waals surface area contributed by atoms with E-state index in [0.717, 1.165) is 31.1 Å². The number of rotatable bonds is 4. The predicted molar refractivity (Wildman–Crippen MR) is 89.6 cm³/mol. The summed E-state index contributed by atoms with van der Waals surface area (Å²) in [6.45, 7) is 2.62. The summed E-state index contributed by atoms with van der Waals surface area (Å²) < 4.78 is 28.9. The zero-order valence-corrected chi connectivity index (χ0v) is 13.8. The second kappa shape index (κ2) is 6.75. The summed E-state index contributed by atoms with van der Waals surface area (Å²) >= 11 is 0. The van der Waals surface area contributed by atoms with Gasteiger partial charge in [0.05, 0.1) is 5.56 Å². The molecule has 0 saturated heterocycles. The van der Waals surface area contributed by atoms with E-state index in [9.17, 15) is 13.6 Å². The van der Waals surface area contributed by atoms with Gasteiger partial charge in [-0.25, -0.2) is 8.78 Å². The minimum atomic E-state index is -0.892. The number of primary amides is 1. The fraction of sp³-hybridized carbons (Fsp3) is 0.421. The van der Waals surface area contributed by atoms with E-state index in [1.54, 1.807) is 6.07 Å². The minimum absolute atomic E-state index is 0.436. The first-order valence-electron chi connectivity index (χ1n) is 8.42. The lowest BCUT2D eigenvalue weighted by Crippen LogP contribution is -2.17. The Morgan fingerprint density at radius 1 is 1.17 bits per heavy atom. The number of hydrogen-bond donors (Lipinski definition) is 1. The molecule has 0 spiro atoms. The average Bonchev–Trinajstić information content (AvgIpc) is 2.88. The van der Waals surface area contributed by atoms with E-state index in [2.05, 4.69) is 0 Å². The lowest BCUT2D eigenvalue weighted by atomic mass is 9.89. The summed E-state index contributed by atoms with van der Waals surface area (Å²) in [6.07, 6.45) is 6.01. The van der Waals surface area contributed by atoms with E-state index in [-0.39, 0.29) is 0 Å². The second-order valence-corrected chi connectivity index (χ2v) is 6.64. The molecule has 24 heavy (non-hydrogen) atoms. The van der Waals surface area contributed by atoms with Crippen molar-refractivity contribution in [1.82, 2.24) is 4.57 Å². The van der Waals surface area contributed by atoms with Gasteiger partial charge in [-0.2, -0.15) is 0 Å². The molecular weight excluding hydrogens is 310 g/mol. The molecule has 0 unspecified atom stereocenters. The van der Waals surface area contributed by atoms with Gasteiger partial charge < -0.3 is 10.3 Å². The number of hydrogen-bond acceptors (Lipinski definition) is 1. The number of benzene rings is 1. The van der Waals surface area contributed by atoms with E-state index in [0.29, 0.717) is 22.7 Å². The van der Waals surface area contributed by atoms with Crippen LogP contribution in [0.25, 0.3) is 11.3 Å². The van der Waals surface area contributed by atoms with Crippen molar-refractivity contribution in [3.63, 3.8) is 0 Å². The topological polar surface area (TPSA) is 48.0 Å². The molecule has 128 valence electrons. The molecule has 0 aliphatic heterocycles. The quantitative estimate of drug-likeness (QED) is 0.885. The lowest BCUT2D eigenvalue weighted by molar-refractivity contribution is 0.0999. The van der Waals surface area contributed by atoms with Crippen LogP contribution < -0.4 is 5.73 Å². The molecule has 1 fully saturated rings. The van der Waals surface area contributed by atoms with E-state index < -0.39 is 17.5 Å². The van der Waals surface area contributed by atoms with Gasteiger partial charge in [-0.1, -0.05) is 19.3 Å². The summed E-state index contributed by atoms with van der Waals surface area (Å²) in [7, 11) is 0. The predicted octanol–water partition coefficient (Wildman–Crippen LogP) is 4.42. The summed E-state index contributed by atoms with van der Waals surface area (Å²) in [5.41, 5.74) is 7.97. The van der Waals surface area contributed by atoms with Gasteiger partial charge in [0.15, 0.2) is 11.6 Å². The lowest BCUT2D eigenvalue weighted by Gasteiger charge is -2.24. The third-order valence-electron chi connectivity index (χ3n) is 5.01. The smallest absolute Gasteiger partial charge is 0.250 e. The molecule has 0 bridgehead atoms. The standard InChI is InChI=1S/C19H22F2N2O/c1-12-15(19(22)24)10-18(14-7-8-16(20)17(21)9-14)23(12)11-13-5-3-2-4-6-13/h7-10,13H,2-6,11H2,1H3,(H2,22,24). The van der Waals surface area contributed by atoms with Gasteiger partial charge in [0, 0.05) is 23.5 Å². The highest BCUT2D eigenvalue weighted by Gasteiger charge is 2.21. The Labute approximate surface area is 140 Å². The number of carbonyl (C=O) groups excluding carboxylic acids is 1. The summed E-state index contributed by atoms with van der Waals surface area (Å²) in [5.74, 6) is -1.74. The molecule has 1 heterocycles. The average molecular weight is 332 g/mol. The van der Waals surface area contributed by atoms with Crippen LogP contribution in [0, 0.1) is 24.5 Å². The highest BCUT2D eigenvalue weighted by molar-refractivity contribution is 5.95. The summed E-state index contributed by atoms with van der Waals surface area (Å²) in [5, 5.41) is 0. The van der Waals surface area contributed by atoms with E-state index >= 15 is 0 Å². The molecule has 3 nitrogen and oxygen atoms in total. The van der Waals surface area contributed by atoms with Crippen molar-refractivity contribution < 1.29 is 13.6 Å². The third kappa shape index (κ3) is 3.21. The molecule has 1 saturated carbocycles. The number of nitrogens with two attached hydrogens (primary N) is 1. The van der Waals surface area contributed by atoms with Crippen LogP contribution in [0.5, 0.6) is 0 Å². The number of nitrogens with zero attached hydrogens (tertiary/aromatic N) is 1. The fourth-order valence-electron chi connectivity index (χ4n) is 3.65. The van der Waals surface area contributed by atoms with Gasteiger partial charge in [0.1, 0.15) is 0 Å². The summed E-state index contributed by atoms with van der Waals surface area (Å²) in [6, 6.07) is 5.51. The van der Waals surface area contributed by atoms with Gasteiger partial charge in [0.2, 0.25) is 0 Å². The monoisotopic (exact) mass is 332 g/mol. The second-order valence-electron chi connectivity index (χ2n) is 6.64. The first-order valence-corrected chi connectivity index (χ1v) is 8.42. The first kappa shape index (κ1) is 16.7. The van der Waals surface area contributed by atoms with Crippen LogP contribution in [0.3, 0.4) is 0 Å². The Bertz CT molecular complexity index is 761. The SMILES string of the molecule is Cc1c(C(N)=O)cc(-c2ccc(F)c(F)c2)n1CC1CCCCC1. The Balaban J connectivity index is 2.04. The van der Waals surface area contributed by atoms with Crippen molar-refractivity contribution in [2.24, 2.45) is 11.7 Å². The van der Waals surface area contributed by atoms with Crippen LogP contribution in [0.4, 0.5) is 8.78 Å². The molecule has 1 aromatic heterocycles. The zero-order valence-electron chi connectivity index (χ0n) is 13.8. The molecular formula is C19H22F2N2O. The van der Waals surface area contributed by atoms with Crippen molar-refractivity contribution >= 4 is 5.91 Å². The van der Waals surface area contributed by atoms with Crippen LogP contribution in [-0.2, 0) is 6.54 Å². The van der Waals surface area contributed by atoms with Gasteiger partial charge in [-0.15, -0.1) is 0 Å². The van der Waals surface area contributed by atoms with Gasteiger partial charge in [-0.3, -0.25) is 4.79 Å². The Hall–Kier alpha value is -2.17. The van der Waals surface area contributed by atoms with Crippen LogP contribution in [-0.4, -0.2) is 10.5 Å². The zero-order chi connectivity index (χ0) is 17.3. The van der Waals surface area contributed by atoms with E-state index in [1.807, 2.05) is 11.5 Å². The third-order valence-corrected chi connectivity index (χ3v) is 5.01. The molecule has 1 aliphatic rings. The first-order chi connectivity index (χ1) is 11.5. The highest BCUT2D eigenvalue weighted by atomic mass is 19.2. The van der Waals surface area contributed by atoms with Crippen molar-refractivity contribution in [1.29, 1.82) is 0 Å². The largest absolute Gasteiger partial charge is 0.366 e. The van der Waals surface area contributed by atoms with Crippen molar-refractivity contribution in [2.75, 3.05) is 0 Å². The molecule has 1 amide bonds. The van der Waals surface area contributed by atoms with Crippen LogP contribution in [0.15, 0.2) is 24.3 Å². The van der Waals surface area contributed by atoms with Crippen molar-refractivity contribution in [3.8, 4) is 11.3 Å². The van der Waals surface area contributed by atoms with E-state index in [4.69, 9.17) is 5.73 Å². The molecule has 5 heteroatoms. The van der Waals surface area contributed by atoms with Gasteiger partial charge in [-0.05, 0) is 49.9 Å². The molecule has 2 aromatic rings. The molecule has 1 aliphatic carbocycles.